The number of amides is 2. The first-order valence-corrected chi connectivity index (χ1v) is 7.91. The molecule has 1 atom stereocenters. The smallest absolute Gasteiger partial charge is 0.319 e. The second-order valence-electron chi connectivity index (χ2n) is 6.59. The van der Waals surface area contributed by atoms with Gasteiger partial charge in [0.15, 0.2) is 0 Å². The minimum Gasteiger partial charge on any atom is -0.319 e. The van der Waals surface area contributed by atoms with E-state index in [1.54, 1.807) is 4.68 Å². The van der Waals surface area contributed by atoms with Crippen LogP contribution in [0.3, 0.4) is 0 Å². The van der Waals surface area contributed by atoms with E-state index in [0.717, 1.165) is 18.8 Å². The maximum Gasteiger partial charge on any atom is 0.324 e. The molecule has 122 valence electrons. The normalized spacial score (nSPS) is 19.8. The Morgan fingerprint density at radius 3 is 2.61 bits per heavy atom. The number of anilines is 1. The van der Waals surface area contributed by atoms with Crippen LogP contribution in [0.4, 0.5) is 10.7 Å². The lowest BCUT2D eigenvalue weighted by atomic mass is 9.83. The van der Waals surface area contributed by atoms with Crippen molar-refractivity contribution in [3.63, 3.8) is 0 Å². The molecule has 1 aromatic carbocycles. The number of hydrogen-bond acceptors (Lipinski definition) is 3. The number of aromatic nitrogens is 3. The quantitative estimate of drug-likeness (QED) is 0.927. The molecule has 2 aromatic rings. The average molecular weight is 313 g/mol. The summed E-state index contributed by atoms with van der Waals surface area (Å²) in [5.74, 6) is 1.45. The molecule has 1 unspecified atom stereocenters. The fraction of sp³-hybridized carbons (Fsp3) is 0.471. The summed E-state index contributed by atoms with van der Waals surface area (Å²) in [6, 6.07) is 10.3. The Morgan fingerprint density at radius 2 is 2.00 bits per heavy atom. The molecular weight excluding hydrogens is 290 g/mol. The summed E-state index contributed by atoms with van der Waals surface area (Å²) in [6.07, 6.45) is 0.957. The Labute approximate surface area is 136 Å². The number of likely N-dealkylation sites (tertiary alicyclic amines) is 1. The van der Waals surface area contributed by atoms with E-state index in [1.807, 2.05) is 24.9 Å². The molecule has 1 saturated heterocycles. The van der Waals surface area contributed by atoms with E-state index < -0.39 is 0 Å². The lowest BCUT2D eigenvalue weighted by molar-refractivity contribution is 0.171. The SMILES string of the molecule is Cc1nc(NC(=O)N2CCC(c3ccccc3)C2(C)C)nn1C. The van der Waals surface area contributed by atoms with Crippen LogP contribution in [0.5, 0.6) is 0 Å². The van der Waals surface area contributed by atoms with E-state index in [4.69, 9.17) is 0 Å². The van der Waals surface area contributed by atoms with Gasteiger partial charge in [-0.05, 0) is 32.8 Å². The minimum atomic E-state index is -0.255. The zero-order valence-electron chi connectivity index (χ0n) is 14.1. The third kappa shape index (κ3) is 2.81. The van der Waals surface area contributed by atoms with Crippen LogP contribution in [0.2, 0.25) is 0 Å². The highest BCUT2D eigenvalue weighted by Gasteiger charge is 2.44. The molecule has 23 heavy (non-hydrogen) atoms. The van der Waals surface area contributed by atoms with E-state index in [-0.39, 0.29) is 11.6 Å². The van der Waals surface area contributed by atoms with Crippen LogP contribution in [0.25, 0.3) is 0 Å². The largest absolute Gasteiger partial charge is 0.324 e. The van der Waals surface area contributed by atoms with E-state index in [1.165, 1.54) is 5.56 Å². The van der Waals surface area contributed by atoms with Crippen molar-refractivity contribution < 1.29 is 4.79 Å². The van der Waals surface area contributed by atoms with Gasteiger partial charge in [-0.1, -0.05) is 30.3 Å². The molecule has 3 rings (SSSR count). The van der Waals surface area contributed by atoms with Crippen molar-refractivity contribution in [3.8, 4) is 0 Å². The number of hydrogen-bond donors (Lipinski definition) is 1. The van der Waals surface area contributed by atoms with Crippen molar-refractivity contribution in [1.29, 1.82) is 0 Å². The van der Waals surface area contributed by atoms with Crippen LogP contribution in [0.15, 0.2) is 30.3 Å². The van der Waals surface area contributed by atoms with Crippen molar-refractivity contribution in [2.75, 3.05) is 11.9 Å². The van der Waals surface area contributed by atoms with Crippen LogP contribution in [-0.4, -0.2) is 37.8 Å². The maximum atomic E-state index is 12.7. The predicted octanol–water partition coefficient (Wildman–Crippen LogP) is 2.92. The molecule has 0 saturated carbocycles. The molecule has 1 N–H and O–H groups in total. The molecule has 6 heteroatoms. The predicted molar refractivity (Wildman–Crippen MR) is 89.3 cm³/mol. The first kappa shape index (κ1) is 15.5. The van der Waals surface area contributed by atoms with Crippen molar-refractivity contribution in [2.45, 2.75) is 38.6 Å². The summed E-state index contributed by atoms with van der Waals surface area (Å²) in [4.78, 5) is 18.8. The number of benzene rings is 1. The Balaban J connectivity index is 1.77. The summed E-state index contributed by atoms with van der Waals surface area (Å²) < 4.78 is 1.65. The van der Waals surface area contributed by atoms with Crippen LogP contribution in [-0.2, 0) is 7.05 Å². The lowest BCUT2D eigenvalue weighted by Gasteiger charge is -2.36. The summed E-state index contributed by atoms with van der Waals surface area (Å²) >= 11 is 0. The Morgan fingerprint density at radius 1 is 1.30 bits per heavy atom. The van der Waals surface area contributed by atoms with Gasteiger partial charge < -0.3 is 4.90 Å². The van der Waals surface area contributed by atoms with Gasteiger partial charge in [-0.3, -0.25) is 10.00 Å². The molecule has 1 aliphatic heterocycles. The summed E-state index contributed by atoms with van der Waals surface area (Å²) in [5, 5.41) is 7.01. The Kier molecular flexibility index (Phi) is 3.83. The fourth-order valence-electron chi connectivity index (χ4n) is 3.39. The summed E-state index contributed by atoms with van der Waals surface area (Å²) in [7, 11) is 1.81. The third-order valence-corrected chi connectivity index (χ3v) is 4.84. The zero-order valence-corrected chi connectivity index (χ0v) is 14.1. The number of nitrogens with zero attached hydrogens (tertiary/aromatic N) is 4. The molecule has 1 fully saturated rings. The molecule has 0 spiro atoms. The number of rotatable bonds is 2. The standard InChI is InChI=1S/C17H23N5O/c1-12-18-15(20-21(12)4)19-16(23)22-11-10-14(17(22,2)3)13-8-6-5-7-9-13/h5-9,14H,10-11H2,1-4H3,(H,19,20,23). The average Bonchev–Trinajstić information content (AvgIpc) is 2.98. The van der Waals surface area contributed by atoms with Gasteiger partial charge in [0.05, 0.1) is 0 Å². The van der Waals surface area contributed by atoms with Gasteiger partial charge in [0, 0.05) is 25.0 Å². The number of carbonyl (C=O) groups is 1. The van der Waals surface area contributed by atoms with Crippen LogP contribution >= 0.6 is 0 Å². The molecule has 0 radical (unpaired) electrons. The summed E-state index contributed by atoms with van der Waals surface area (Å²) in [5.41, 5.74) is 1.02. The van der Waals surface area contributed by atoms with Gasteiger partial charge in [-0.15, -0.1) is 5.10 Å². The highest BCUT2D eigenvalue weighted by Crippen LogP contribution is 2.41. The molecule has 2 amide bonds. The Hall–Kier alpha value is -2.37. The van der Waals surface area contributed by atoms with Gasteiger partial charge >= 0.3 is 6.03 Å². The van der Waals surface area contributed by atoms with Gasteiger partial charge in [0.25, 0.3) is 0 Å². The highest BCUT2D eigenvalue weighted by atomic mass is 16.2. The second-order valence-corrected chi connectivity index (χ2v) is 6.59. The molecule has 6 nitrogen and oxygen atoms in total. The first-order valence-electron chi connectivity index (χ1n) is 7.91. The minimum absolute atomic E-state index is 0.140. The van der Waals surface area contributed by atoms with Crippen LogP contribution < -0.4 is 5.32 Å². The van der Waals surface area contributed by atoms with Crippen molar-refractivity contribution in [1.82, 2.24) is 19.7 Å². The fourth-order valence-corrected chi connectivity index (χ4v) is 3.39. The molecule has 1 aliphatic rings. The number of carbonyl (C=O) groups excluding carboxylic acids is 1. The lowest BCUT2D eigenvalue weighted by Crippen LogP contribution is -2.47. The highest BCUT2D eigenvalue weighted by molar-refractivity contribution is 5.88. The van der Waals surface area contributed by atoms with Gasteiger partial charge in [-0.2, -0.15) is 4.98 Å². The molecular formula is C17H23N5O. The molecule has 0 bridgehead atoms. The monoisotopic (exact) mass is 313 g/mol. The van der Waals surface area contributed by atoms with E-state index in [0.29, 0.717) is 11.9 Å². The Bertz CT molecular complexity index is 688. The van der Waals surface area contributed by atoms with Crippen LogP contribution in [0, 0.1) is 6.92 Å². The molecule has 2 heterocycles. The van der Waals surface area contributed by atoms with E-state index in [9.17, 15) is 4.79 Å². The van der Waals surface area contributed by atoms with Crippen molar-refractivity contribution in [2.24, 2.45) is 7.05 Å². The van der Waals surface area contributed by atoms with Crippen molar-refractivity contribution in [3.05, 3.63) is 41.7 Å². The summed E-state index contributed by atoms with van der Waals surface area (Å²) in [6.45, 7) is 6.82. The van der Waals surface area contributed by atoms with E-state index >= 15 is 0 Å². The number of aryl methyl sites for hydroxylation is 2. The molecule has 1 aromatic heterocycles. The maximum absolute atomic E-state index is 12.7. The molecule has 0 aliphatic carbocycles. The van der Waals surface area contributed by atoms with Gasteiger partial charge in [0.2, 0.25) is 5.95 Å². The van der Waals surface area contributed by atoms with Gasteiger partial charge in [0.1, 0.15) is 5.82 Å². The number of nitrogens with one attached hydrogen (secondary N) is 1. The topological polar surface area (TPSA) is 63.1 Å². The first-order chi connectivity index (χ1) is 10.9. The van der Waals surface area contributed by atoms with Crippen LogP contribution in [0.1, 0.15) is 37.6 Å². The zero-order chi connectivity index (χ0) is 16.6. The van der Waals surface area contributed by atoms with Gasteiger partial charge in [-0.25, -0.2) is 4.79 Å². The third-order valence-electron chi connectivity index (χ3n) is 4.84. The number of urea groups is 1. The van der Waals surface area contributed by atoms with Crippen molar-refractivity contribution >= 4 is 12.0 Å². The second kappa shape index (κ2) is 5.68. The van der Waals surface area contributed by atoms with E-state index in [2.05, 4.69) is 53.5 Å².